The highest BCUT2D eigenvalue weighted by molar-refractivity contribution is 5.94. The van der Waals surface area contributed by atoms with Crippen LogP contribution >= 0.6 is 0 Å². The molecule has 1 fully saturated rings. The molecule has 6 nitrogen and oxygen atoms in total. The molecule has 1 amide bonds. The monoisotopic (exact) mass is 264 g/mol. The third kappa shape index (κ3) is 2.52. The molecule has 0 aromatic carbocycles. The first-order chi connectivity index (χ1) is 9.04. The van der Waals surface area contributed by atoms with Crippen LogP contribution in [0.25, 0.3) is 0 Å². The van der Waals surface area contributed by atoms with Gasteiger partial charge in [-0.25, -0.2) is 4.98 Å². The number of carbonyl (C=O) groups is 2. The Kier molecular flexibility index (Phi) is 3.69. The van der Waals surface area contributed by atoms with E-state index in [-0.39, 0.29) is 11.9 Å². The van der Waals surface area contributed by atoms with E-state index in [9.17, 15) is 9.59 Å². The van der Waals surface area contributed by atoms with Crippen molar-refractivity contribution in [2.45, 2.75) is 19.4 Å². The van der Waals surface area contributed by atoms with Gasteiger partial charge in [-0.15, -0.1) is 0 Å². The Hall–Kier alpha value is -2.11. The summed E-state index contributed by atoms with van der Waals surface area (Å²) in [7, 11) is 1.50. The SMILES string of the molecule is COc1ccc(C(=O)N2CCC(C(=O)O)C2C)cn1. The molecule has 1 aromatic heterocycles. The Balaban J connectivity index is 2.13. The van der Waals surface area contributed by atoms with Gasteiger partial charge in [-0.1, -0.05) is 0 Å². The minimum atomic E-state index is -0.851. The van der Waals surface area contributed by atoms with E-state index in [0.717, 1.165) is 0 Å². The van der Waals surface area contributed by atoms with Crippen LogP contribution in [0.2, 0.25) is 0 Å². The van der Waals surface area contributed by atoms with Crippen molar-refractivity contribution in [1.29, 1.82) is 0 Å². The largest absolute Gasteiger partial charge is 0.481 e. The number of carboxylic acids is 1. The van der Waals surface area contributed by atoms with Gasteiger partial charge in [-0.05, 0) is 19.4 Å². The summed E-state index contributed by atoms with van der Waals surface area (Å²) in [4.78, 5) is 28.9. The van der Waals surface area contributed by atoms with E-state index in [4.69, 9.17) is 9.84 Å². The molecule has 2 unspecified atom stereocenters. The average Bonchev–Trinajstić information content (AvgIpc) is 2.80. The zero-order chi connectivity index (χ0) is 14.0. The fourth-order valence-corrected chi connectivity index (χ4v) is 2.35. The number of hydrogen-bond acceptors (Lipinski definition) is 4. The molecule has 6 heteroatoms. The van der Waals surface area contributed by atoms with Gasteiger partial charge in [-0.2, -0.15) is 0 Å². The number of amides is 1. The summed E-state index contributed by atoms with van der Waals surface area (Å²) in [6, 6.07) is 2.95. The highest BCUT2D eigenvalue weighted by Crippen LogP contribution is 2.26. The van der Waals surface area contributed by atoms with E-state index in [1.807, 2.05) is 0 Å². The predicted octanol–water partition coefficient (Wildman–Crippen LogP) is 1.03. The Morgan fingerprint density at radius 3 is 2.68 bits per heavy atom. The van der Waals surface area contributed by atoms with Gasteiger partial charge in [-0.3, -0.25) is 9.59 Å². The van der Waals surface area contributed by atoms with Gasteiger partial charge in [0.05, 0.1) is 18.6 Å². The standard InChI is InChI=1S/C13H16N2O4/c1-8-10(13(17)18)5-6-15(8)12(16)9-3-4-11(19-2)14-7-9/h3-4,7-8,10H,5-6H2,1-2H3,(H,17,18). The number of pyridine rings is 1. The lowest BCUT2D eigenvalue weighted by Gasteiger charge is -2.23. The lowest BCUT2D eigenvalue weighted by molar-refractivity contribution is -0.142. The summed E-state index contributed by atoms with van der Waals surface area (Å²) in [5, 5.41) is 9.06. The lowest BCUT2D eigenvalue weighted by Crippen LogP contribution is -2.37. The first-order valence-electron chi connectivity index (χ1n) is 6.08. The first-order valence-corrected chi connectivity index (χ1v) is 6.08. The second-order valence-corrected chi connectivity index (χ2v) is 4.56. The van der Waals surface area contributed by atoms with Crippen LogP contribution in [-0.4, -0.2) is 46.6 Å². The van der Waals surface area contributed by atoms with Crippen LogP contribution in [0.5, 0.6) is 5.88 Å². The van der Waals surface area contributed by atoms with Gasteiger partial charge in [0.2, 0.25) is 5.88 Å². The molecule has 1 aliphatic heterocycles. The number of ether oxygens (including phenoxy) is 1. The predicted molar refractivity (Wildman–Crippen MR) is 67.0 cm³/mol. The molecule has 1 aromatic rings. The van der Waals surface area contributed by atoms with Crippen molar-refractivity contribution in [2.24, 2.45) is 5.92 Å². The normalized spacial score (nSPS) is 22.3. The summed E-state index contributed by atoms with van der Waals surface area (Å²) in [6.07, 6.45) is 1.94. The second kappa shape index (κ2) is 5.26. The average molecular weight is 264 g/mol. The van der Waals surface area contributed by atoms with E-state index in [2.05, 4.69) is 4.98 Å². The summed E-state index contributed by atoms with van der Waals surface area (Å²) in [5.41, 5.74) is 0.443. The summed E-state index contributed by atoms with van der Waals surface area (Å²) in [6.45, 7) is 2.23. The van der Waals surface area contributed by atoms with Gasteiger partial charge in [0.25, 0.3) is 5.91 Å². The fourth-order valence-electron chi connectivity index (χ4n) is 2.35. The van der Waals surface area contributed by atoms with Crippen molar-refractivity contribution in [1.82, 2.24) is 9.88 Å². The van der Waals surface area contributed by atoms with Crippen molar-refractivity contribution < 1.29 is 19.4 Å². The quantitative estimate of drug-likeness (QED) is 0.881. The number of carboxylic acid groups (broad SMARTS) is 1. The number of likely N-dealkylation sites (tertiary alicyclic amines) is 1. The summed E-state index contributed by atoms with van der Waals surface area (Å²) >= 11 is 0. The van der Waals surface area contributed by atoms with E-state index in [1.54, 1.807) is 24.0 Å². The van der Waals surface area contributed by atoms with Crippen molar-refractivity contribution in [3.63, 3.8) is 0 Å². The highest BCUT2D eigenvalue weighted by Gasteiger charge is 2.38. The van der Waals surface area contributed by atoms with E-state index >= 15 is 0 Å². The van der Waals surface area contributed by atoms with Crippen molar-refractivity contribution in [2.75, 3.05) is 13.7 Å². The molecule has 1 saturated heterocycles. The van der Waals surface area contributed by atoms with Crippen molar-refractivity contribution in [3.05, 3.63) is 23.9 Å². The molecule has 0 saturated carbocycles. The molecular formula is C13H16N2O4. The molecule has 0 bridgehead atoms. The van der Waals surface area contributed by atoms with Gasteiger partial charge in [0.1, 0.15) is 0 Å². The van der Waals surface area contributed by atoms with Gasteiger partial charge in [0, 0.05) is 24.8 Å². The number of hydrogen-bond donors (Lipinski definition) is 1. The zero-order valence-corrected chi connectivity index (χ0v) is 10.9. The van der Waals surface area contributed by atoms with Crippen molar-refractivity contribution in [3.8, 4) is 5.88 Å². The maximum Gasteiger partial charge on any atom is 0.308 e. The minimum Gasteiger partial charge on any atom is -0.481 e. The highest BCUT2D eigenvalue weighted by atomic mass is 16.5. The van der Waals surface area contributed by atoms with Gasteiger partial charge < -0.3 is 14.7 Å². The summed E-state index contributed by atoms with van der Waals surface area (Å²) < 4.78 is 4.93. The number of aromatic nitrogens is 1. The Labute approximate surface area is 111 Å². The lowest BCUT2D eigenvalue weighted by atomic mass is 10.0. The van der Waals surface area contributed by atoms with E-state index < -0.39 is 11.9 Å². The molecular weight excluding hydrogens is 248 g/mol. The number of methoxy groups -OCH3 is 1. The molecule has 0 aliphatic carbocycles. The Morgan fingerprint density at radius 1 is 1.47 bits per heavy atom. The number of nitrogens with zero attached hydrogens (tertiary/aromatic N) is 2. The van der Waals surface area contributed by atoms with Crippen LogP contribution in [0.4, 0.5) is 0 Å². The topological polar surface area (TPSA) is 79.7 Å². The zero-order valence-electron chi connectivity index (χ0n) is 10.9. The first kappa shape index (κ1) is 13.3. The van der Waals surface area contributed by atoms with Crippen LogP contribution < -0.4 is 4.74 Å². The maximum absolute atomic E-state index is 12.3. The molecule has 2 atom stereocenters. The van der Waals surface area contributed by atoms with E-state index in [0.29, 0.717) is 24.4 Å². The number of rotatable bonds is 3. The van der Waals surface area contributed by atoms with Crippen LogP contribution in [-0.2, 0) is 4.79 Å². The molecule has 102 valence electrons. The van der Waals surface area contributed by atoms with E-state index in [1.165, 1.54) is 13.3 Å². The number of aliphatic carboxylic acids is 1. The van der Waals surface area contributed by atoms with Crippen LogP contribution in [0.15, 0.2) is 18.3 Å². The maximum atomic E-state index is 12.3. The molecule has 1 N–H and O–H groups in total. The molecule has 2 heterocycles. The van der Waals surface area contributed by atoms with Gasteiger partial charge >= 0.3 is 5.97 Å². The van der Waals surface area contributed by atoms with Crippen LogP contribution in [0, 0.1) is 5.92 Å². The third-order valence-corrected chi connectivity index (χ3v) is 3.53. The molecule has 19 heavy (non-hydrogen) atoms. The second-order valence-electron chi connectivity index (χ2n) is 4.56. The smallest absolute Gasteiger partial charge is 0.308 e. The Morgan fingerprint density at radius 2 is 2.21 bits per heavy atom. The number of carbonyl (C=O) groups excluding carboxylic acids is 1. The molecule has 1 aliphatic rings. The van der Waals surface area contributed by atoms with Crippen LogP contribution in [0.1, 0.15) is 23.7 Å². The molecule has 2 rings (SSSR count). The molecule has 0 radical (unpaired) electrons. The molecule has 0 spiro atoms. The third-order valence-electron chi connectivity index (χ3n) is 3.53. The van der Waals surface area contributed by atoms with Crippen molar-refractivity contribution >= 4 is 11.9 Å². The Bertz CT molecular complexity index is 486. The van der Waals surface area contributed by atoms with Crippen LogP contribution in [0.3, 0.4) is 0 Å². The minimum absolute atomic E-state index is 0.189. The van der Waals surface area contributed by atoms with Gasteiger partial charge in [0.15, 0.2) is 0 Å². The fraction of sp³-hybridized carbons (Fsp3) is 0.462. The summed E-state index contributed by atoms with van der Waals surface area (Å²) in [5.74, 6) is -1.09.